The van der Waals surface area contributed by atoms with Crippen molar-refractivity contribution >= 4 is 16.7 Å². The van der Waals surface area contributed by atoms with Gasteiger partial charge in [0, 0.05) is 12.2 Å². The second-order valence-electron chi connectivity index (χ2n) is 4.90. The summed E-state index contributed by atoms with van der Waals surface area (Å²) in [7, 11) is 0. The van der Waals surface area contributed by atoms with E-state index in [0.717, 1.165) is 29.1 Å². The summed E-state index contributed by atoms with van der Waals surface area (Å²) in [4.78, 5) is 7.66. The Morgan fingerprint density at radius 2 is 2.00 bits per heavy atom. The molecule has 0 unspecified atom stereocenters. The summed E-state index contributed by atoms with van der Waals surface area (Å²) in [6.07, 6.45) is 0. The standard InChI is InChI=1S/C16H17N3/c1-11-4-3-5-13(8-11)10-17-14-6-7-15-16(9-14)19-12(2)18-15/h3-9,17H,10H2,1-2H3,(H,18,19). The van der Waals surface area contributed by atoms with E-state index < -0.39 is 0 Å². The van der Waals surface area contributed by atoms with Crippen LogP contribution in [0.5, 0.6) is 0 Å². The first-order valence-electron chi connectivity index (χ1n) is 6.46. The van der Waals surface area contributed by atoms with Crippen molar-refractivity contribution in [2.45, 2.75) is 20.4 Å². The van der Waals surface area contributed by atoms with Crippen molar-refractivity contribution in [1.82, 2.24) is 9.97 Å². The Kier molecular flexibility index (Phi) is 2.95. The molecule has 0 aliphatic heterocycles. The lowest BCUT2D eigenvalue weighted by Gasteiger charge is -2.07. The minimum Gasteiger partial charge on any atom is -0.381 e. The first-order chi connectivity index (χ1) is 9.20. The molecule has 3 nitrogen and oxygen atoms in total. The molecule has 0 aliphatic carbocycles. The van der Waals surface area contributed by atoms with Gasteiger partial charge in [0.05, 0.1) is 11.0 Å². The van der Waals surface area contributed by atoms with Crippen LogP contribution < -0.4 is 5.32 Å². The van der Waals surface area contributed by atoms with Gasteiger partial charge in [-0.1, -0.05) is 29.8 Å². The van der Waals surface area contributed by atoms with Crippen LogP contribution in [0.2, 0.25) is 0 Å². The van der Waals surface area contributed by atoms with Gasteiger partial charge in [-0.25, -0.2) is 4.98 Å². The highest BCUT2D eigenvalue weighted by Crippen LogP contribution is 2.18. The predicted molar refractivity (Wildman–Crippen MR) is 79.3 cm³/mol. The number of anilines is 1. The monoisotopic (exact) mass is 251 g/mol. The van der Waals surface area contributed by atoms with Gasteiger partial charge in [0.1, 0.15) is 5.82 Å². The van der Waals surface area contributed by atoms with Crippen molar-refractivity contribution in [3.05, 3.63) is 59.4 Å². The van der Waals surface area contributed by atoms with E-state index in [9.17, 15) is 0 Å². The summed E-state index contributed by atoms with van der Waals surface area (Å²) in [6, 6.07) is 14.8. The number of benzene rings is 2. The lowest BCUT2D eigenvalue weighted by molar-refractivity contribution is 1.14. The molecular formula is C16H17N3. The fourth-order valence-electron chi connectivity index (χ4n) is 2.27. The summed E-state index contributed by atoms with van der Waals surface area (Å²) in [5, 5.41) is 3.44. The van der Waals surface area contributed by atoms with Crippen LogP contribution in [0.3, 0.4) is 0 Å². The van der Waals surface area contributed by atoms with Crippen LogP contribution in [0.4, 0.5) is 5.69 Å². The lowest BCUT2D eigenvalue weighted by atomic mass is 10.1. The SMILES string of the molecule is Cc1cccc(CNc2ccc3nc(C)[nH]c3c2)c1. The van der Waals surface area contributed by atoms with Crippen molar-refractivity contribution in [1.29, 1.82) is 0 Å². The number of nitrogens with zero attached hydrogens (tertiary/aromatic N) is 1. The van der Waals surface area contributed by atoms with Gasteiger partial charge >= 0.3 is 0 Å². The van der Waals surface area contributed by atoms with Gasteiger partial charge in [0.2, 0.25) is 0 Å². The molecule has 3 rings (SSSR count). The molecule has 19 heavy (non-hydrogen) atoms. The number of fused-ring (bicyclic) bond motifs is 1. The van der Waals surface area contributed by atoms with E-state index in [4.69, 9.17) is 0 Å². The molecule has 3 heteroatoms. The Morgan fingerprint density at radius 3 is 2.84 bits per heavy atom. The molecule has 0 spiro atoms. The lowest BCUT2D eigenvalue weighted by Crippen LogP contribution is -1.99. The number of hydrogen-bond acceptors (Lipinski definition) is 2. The van der Waals surface area contributed by atoms with Crippen LogP contribution in [0.15, 0.2) is 42.5 Å². The van der Waals surface area contributed by atoms with E-state index in [1.807, 2.05) is 13.0 Å². The van der Waals surface area contributed by atoms with Crippen molar-refractivity contribution in [3.63, 3.8) is 0 Å². The Hall–Kier alpha value is -2.29. The van der Waals surface area contributed by atoms with E-state index >= 15 is 0 Å². The number of aromatic amines is 1. The van der Waals surface area contributed by atoms with Crippen LogP contribution in [-0.4, -0.2) is 9.97 Å². The maximum absolute atomic E-state index is 4.40. The molecule has 3 aromatic rings. The number of H-pyrrole nitrogens is 1. The predicted octanol–water partition coefficient (Wildman–Crippen LogP) is 3.79. The summed E-state index contributed by atoms with van der Waals surface area (Å²) in [5.74, 6) is 0.950. The summed E-state index contributed by atoms with van der Waals surface area (Å²) in [5.41, 5.74) is 5.78. The second-order valence-corrected chi connectivity index (χ2v) is 4.90. The summed E-state index contributed by atoms with van der Waals surface area (Å²) < 4.78 is 0. The summed E-state index contributed by atoms with van der Waals surface area (Å²) in [6.45, 7) is 4.92. The highest BCUT2D eigenvalue weighted by Gasteiger charge is 2.00. The maximum Gasteiger partial charge on any atom is 0.104 e. The fourth-order valence-corrected chi connectivity index (χ4v) is 2.27. The molecule has 1 heterocycles. The third-order valence-corrected chi connectivity index (χ3v) is 3.18. The Balaban J connectivity index is 1.78. The number of imidazole rings is 1. The zero-order chi connectivity index (χ0) is 13.2. The molecule has 0 saturated carbocycles. The third kappa shape index (κ3) is 2.60. The second kappa shape index (κ2) is 4.76. The largest absolute Gasteiger partial charge is 0.381 e. The van der Waals surface area contributed by atoms with Crippen LogP contribution >= 0.6 is 0 Å². The van der Waals surface area contributed by atoms with Crippen LogP contribution in [-0.2, 0) is 6.54 Å². The minimum atomic E-state index is 0.834. The fraction of sp³-hybridized carbons (Fsp3) is 0.188. The number of nitrogens with one attached hydrogen (secondary N) is 2. The number of rotatable bonds is 3. The molecule has 0 fully saturated rings. The minimum absolute atomic E-state index is 0.834. The molecule has 0 bridgehead atoms. The molecule has 0 atom stereocenters. The van der Waals surface area contributed by atoms with Gasteiger partial charge in [-0.15, -0.1) is 0 Å². The number of aromatic nitrogens is 2. The number of hydrogen-bond donors (Lipinski definition) is 2. The smallest absolute Gasteiger partial charge is 0.104 e. The Bertz CT molecular complexity index is 713. The van der Waals surface area contributed by atoms with Gasteiger partial charge in [-0.2, -0.15) is 0 Å². The van der Waals surface area contributed by atoms with Crippen LogP contribution in [0, 0.1) is 13.8 Å². The molecule has 0 aliphatic rings. The quantitative estimate of drug-likeness (QED) is 0.743. The zero-order valence-corrected chi connectivity index (χ0v) is 11.2. The van der Waals surface area contributed by atoms with Crippen molar-refractivity contribution in [2.75, 3.05) is 5.32 Å². The highest BCUT2D eigenvalue weighted by atomic mass is 14.9. The van der Waals surface area contributed by atoms with Crippen molar-refractivity contribution in [3.8, 4) is 0 Å². The van der Waals surface area contributed by atoms with Crippen molar-refractivity contribution in [2.24, 2.45) is 0 Å². The molecule has 0 radical (unpaired) electrons. The molecular weight excluding hydrogens is 234 g/mol. The van der Waals surface area contributed by atoms with Gasteiger partial charge in [-0.05, 0) is 37.6 Å². The molecule has 2 aromatic carbocycles. The highest BCUT2D eigenvalue weighted by molar-refractivity contribution is 5.79. The van der Waals surface area contributed by atoms with Crippen LogP contribution in [0.25, 0.3) is 11.0 Å². The van der Waals surface area contributed by atoms with E-state index in [2.05, 4.69) is 58.6 Å². The molecule has 2 N–H and O–H groups in total. The van der Waals surface area contributed by atoms with E-state index in [0.29, 0.717) is 0 Å². The van der Waals surface area contributed by atoms with E-state index in [1.165, 1.54) is 11.1 Å². The first kappa shape index (κ1) is 11.8. The number of aryl methyl sites for hydroxylation is 2. The molecule has 0 amide bonds. The average molecular weight is 251 g/mol. The summed E-state index contributed by atoms with van der Waals surface area (Å²) >= 11 is 0. The van der Waals surface area contributed by atoms with Gasteiger partial charge < -0.3 is 10.3 Å². The first-order valence-corrected chi connectivity index (χ1v) is 6.46. The Labute approximate surface area is 112 Å². The van der Waals surface area contributed by atoms with Crippen LogP contribution in [0.1, 0.15) is 17.0 Å². The molecule has 0 saturated heterocycles. The zero-order valence-electron chi connectivity index (χ0n) is 11.2. The maximum atomic E-state index is 4.40. The van der Waals surface area contributed by atoms with Gasteiger partial charge in [0.15, 0.2) is 0 Å². The molecule has 96 valence electrons. The average Bonchev–Trinajstić information content (AvgIpc) is 2.75. The third-order valence-electron chi connectivity index (χ3n) is 3.18. The van der Waals surface area contributed by atoms with Gasteiger partial charge in [0.25, 0.3) is 0 Å². The van der Waals surface area contributed by atoms with Gasteiger partial charge in [-0.3, -0.25) is 0 Å². The van der Waals surface area contributed by atoms with Crippen molar-refractivity contribution < 1.29 is 0 Å². The topological polar surface area (TPSA) is 40.7 Å². The van der Waals surface area contributed by atoms with E-state index in [-0.39, 0.29) is 0 Å². The Morgan fingerprint density at radius 1 is 1.11 bits per heavy atom. The van der Waals surface area contributed by atoms with E-state index in [1.54, 1.807) is 0 Å². The normalized spacial score (nSPS) is 10.8. The molecule has 1 aromatic heterocycles.